The fraction of sp³-hybridized carbons (Fsp3) is 0.318. The minimum Gasteiger partial charge on any atom is -0.321 e. The van der Waals surface area contributed by atoms with E-state index in [4.69, 9.17) is 23.2 Å². The number of thiophene rings is 1. The number of rotatable bonds is 5. The second-order valence-corrected chi connectivity index (χ2v) is 9.55. The largest absolute Gasteiger partial charge is 0.321 e. The van der Waals surface area contributed by atoms with Crippen LogP contribution in [0.15, 0.2) is 30.5 Å². The molecule has 0 radical (unpaired) electrons. The molecule has 6 nitrogen and oxygen atoms in total. The number of benzene rings is 1. The summed E-state index contributed by atoms with van der Waals surface area (Å²) in [6.07, 6.45) is 5.41. The molecule has 31 heavy (non-hydrogen) atoms. The first-order valence-electron chi connectivity index (χ1n) is 10.1. The first-order valence-corrected chi connectivity index (χ1v) is 11.6. The van der Waals surface area contributed by atoms with E-state index in [-0.39, 0.29) is 11.8 Å². The van der Waals surface area contributed by atoms with Crippen molar-refractivity contribution in [1.29, 1.82) is 0 Å². The number of carbonyl (C=O) groups excluding carboxylic acids is 2. The van der Waals surface area contributed by atoms with Gasteiger partial charge >= 0.3 is 0 Å². The number of anilines is 2. The maximum absolute atomic E-state index is 13.3. The molecule has 1 aliphatic carbocycles. The second-order valence-electron chi connectivity index (χ2n) is 7.60. The van der Waals surface area contributed by atoms with Gasteiger partial charge in [-0.05, 0) is 55.0 Å². The van der Waals surface area contributed by atoms with Crippen LogP contribution in [0.5, 0.6) is 0 Å². The quantitative estimate of drug-likeness (QED) is 0.487. The lowest BCUT2D eigenvalue weighted by Gasteiger charge is -2.21. The van der Waals surface area contributed by atoms with Crippen LogP contribution in [-0.2, 0) is 19.9 Å². The van der Waals surface area contributed by atoms with Gasteiger partial charge in [-0.1, -0.05) is 36.5 Å². The van der Waals surface area contributed by atoms with E-state index in [1.54, 1.807) is 37.5 Å². The van der Waals surface area contributed by atoms with Gasteiger partial charge in [-0.3, -0.25) is 14.3 Å². The minimum absolute atomic E-state index is 0.294. The summed E-state index contributed by atoms with van der Waals surface area (Å²) < 4.78 is 1.50. The zero-order valence-electron chi connectivity index (χ0n) is 17.2. The zero-order chi connectivity index (χ0) is 22.1. The Kier molecular flexibility index (Phi) is 6.36. The van der Waals surface area contributed by atoms with Crippen LogP contribution in [0.1, 0.15) is 51.1 Å². The predicted molar refractivity (Wildman–Crippen MR) is 126 cm³/mol. The molecule has 162 valence electrons. The van der Waals surface area contributed by atoms with Gasteiger partial charge in [-0.25, -0.2) is 0 Å². The number of fused-ring (bicyclic) bond motifs is 1. The van der Waals surface area contributed by atoms with Crippen molar-refractivity contribution < 1.29 is 9.59 Å². The van der Waals surface area contributed by atoms with E-state index in [0.29, 0.717) is 37.9 Å². The van der Waals surface area contributed by atoms with Crippen LogP contribution in [-0.4, -0.2) is 21.6 Å². The van der Waals surface area contributed by atoms with Crippen molar-refractivity contribution in [1.82, 2.24) is 9.78 Å². The second kappa shape index (κ2) is 9.02. The van der Waals surface area contributed by atoms with Gasteiger partial charge in [-0.2, -0.15) is 5.10 Å². The molecule has 2 N–H and O–H groups in total. The lowest BCUT2D eigenvalue weighted by molar-refractivity contribution is 0.101. The fourth-order valence-corrected chi connectivity index (χ4v) is 5.68. The SMILES string of the molecule is CC[C@H]1CCc2c(sc(NC(=O)c3ccnn3C)c2C(=O)Nc2ccc(Cl)cc2Cl)C1. The molecule has 1 aromatic carbocycles. The van der Waals surface area contributed by atoms with Crippen molar-refractivity contribution in [2.24, 2.45) is 13.0 Å². The molecule has 2 amide bonds. The van der Waals surface area contributed by atoms with E-state index in [0.717, 1.165) is 36.1 Å². The predicted octanol–water partition coefficient (Wildman–Crippen LogP) is 5.81. The Morgan fingerprint density at radius 3 is 2.71 bits per heavy atom. The number of carbonyl (C=O) groups is 2. The van der Waals surface area contributed by atoms with Gasteiger partial charge in [0, 0.05) is 23.1 Å². The van der Waals surface area contributed by atoms with Gasteiger partial charge in [-0.15, -0.1) is 11.3 Å². The maximum atomic E-state index is 13.3. The van der Waals surface area contributed by atoms with Crippen LogP contribution in [0.25, 0.3) is 0 Å². The number of nitrogens with zero attached hydrogens (tertiary/aromatic N) is 2. The molecule has 0 fully saturated rings. The molecule has 0 bridgehead atoms. The number of aromatic nitrogens is 2. The third kappa shape index (κ3) is 4.49. The number of amides is 2. The van der Waals surface area contributed by atoms with Gasteiger partial charge < -0.3 is 10.6 Å². The molecule has 0 aliphatic heterocycles. The third-order valence-corrected chi connectivity index (χ3v) is 7.35. The smallest absolute Gasteiger partial charge is 0.274 e. The highest BCUT2D eigenvalue weighted by molar-refractivity contribution is 7.17. The summed E-state index contributed by atoms with van der Waals surface area (Å²) in [5.74, 6) is -0.00501. The van der Waals surface area contributed by atoms with Crippen LogP contribution in [0.3, 0.4) is 0 Å². The summed E-state index contributed by atoms with van der Waals surface area (Å²) in [7, 11) is 1.70. The topological polar surface area (TPSA) is 76.0 Å². The Morgan fingerprint density at radius 1 is 1.23 bits per heavy atom. The van der Waals surface area contributed by atoms with Crippen molar-refractivity contribution in [3.63, 3.8) is 0 Å². The van der Waals surface area contributed by atoms with Crippen LogP contribution in [0.4, 0.5) is 10.7 Å². The van der Waals surface area contributed by atoms with E-state index in [1.807, 2.05) is 0 Å². The van der Waals surface area contributed by atoms with Gasteiger partial charge in [0.2, 0.25) is 0 Å². The molecule has 2 heterocycles. The Labute approximate surface area is 194 Å². The maximum Gasteiger partial charge on any atom is 0.274 e. The standard InChI is InChI=1S/C22H22Cl2N4O2S/c1-3-12-4-6-14-18(10-12)31-22(27-20(29)17-8-9-25-28(17)2)19(14)21(30)26-16-7-5-13(23)11-15(16)24/h5,7-9,11-12H,3-4,6,10H2,1-2H3,(H,26,30)(H,27,29)/t12-/m0/s1. The van der Waals surface area contributed by atoms with Gasteiger partial charge in [0.05, 0.1) is 16.3 Å². The van der Waals surface area contributed by atoms with Crippen LogP contribution in [0, 0.1) is 5.92 Å². The third-order valence-electron chi connectivity index (χ3n) is 5.63. The monoisotopic (exact) mass is 476 g/mol. The zero-order valence-corrected chi connectivity index (χ0v) is 19.5. The normalized spacial score (nSPS) is 15.4. The average Bonchev–Trinajstić information content (AvgIpc) is 3.32. The Hall–Kier alpha value is -2.35. The van der Waals surface area contributed by atoms with E-state index >= 15 is 0 Å². The summed E-state index contributed by atoms with van der Waals surface area (Å²) in [5.41, 5.74) is 2.42. The highest BCUT2D eigenvalue weighted by atomic mass is 35.5. The van der Waals surface area contributed by atoms with Crippen molar-refractivity contribution in [2.75, 3.05) is 10.6 Å². The Morgan fingerprint density at radius 2 is 2.03 bits per heavy atom. The summed E-state index contributed by atoms with van der Waals surface area (Å²) >= 11 is 13.7. The van der Waals surface area contributed by atoms with Crippen molar-refractivity contribution in [3.8, 4) is 0 Å². The molecule has 1 aliphatic rings. The van der Waals surface area contributed by atoms with Crippen LogP contribution >= 0.6 is 34.5 Å². The number of nitrogens with one attached hydrogen (secondary N) is 2. The van der Waals surface area contributed by atoms with E-state index < -0.39 is 0 Å². The molecular formula is C22H22Cl2N4O2S. The first-order chi connectivity index (χ1) is 14.9. The summed E-state index contributed by atoms with van der Waals surface area (Å²) in [6.45, 7) is 2.19. The lowest BCUT2D eigenvalue weighted by atomic mass is 9.85. The summed E-state index contributed by atoms with van der Waals surface area (Å²) in [6, 6.07) is 6.56. The van der Waals surface area contributed by atoms with Gasteiger partial charge in [0.15, 0.2) is 0 Å². The van der Waals surface area contributed by atoms with Crippen molar-refractivity contribution >= 4 is 57.0 Å². The molecule has 0 saturated heterocycles. The molecule has 2 aromatic heterocycles. The number of aryl methyl sites for hydroxylation is 1. The van der Waals surface area contributed by atoms with Gasteiger partial charge in [0.1, 0.15) is 10.7 Å². The van der Waals surface area contributed by atoms with Crippen molar-refractivity contribution in [3.05, 3.63) is 62.2 Å². The Balaban J connectivity index is 1.69. The van der Waals surface area contributed by atoms with E-state index in [1.165, 1.54) is 16.0 Å². The molecular weight excluding hydrogens is 455 g/mol. The van der Waals surface area contributed by atoms with E-state index in [9.17, 15) is 9.59 Å². The number of halogens is 2. The molecule has 0 saturated carbocycles. The first kappa shape index (κ1) is 21.9. The van der Waals surface area contributed by atoms with Crippen molar-refractivity contribution in [2.45, 2.75) is 32.6 Å². The number of hydrogen-bond donors (Lipinski definition) is 2. The molecule has 4 rings (SSSR count). The molecule has 3 aromatic rings. The molecule has 9 heteroatoms. The molecule has 0 spiro atoms. The average molecular weight is 477 g/mol. The van der Waals surface area contributed by atoms with E-state index in [2.05, 4.69) is 22.7 Å². The highest BCUT2D eigenvalue weighted by Crippen LogP contribution is 2.41. The summed E-state index contributed by atoms with van der Waals surface area (Å²) in [4.78, 5) is 27.3. The molecule has 1 atom stereocenters. The minimum atomic E-state index is -0.302. The number of hydrogen-bond acceptors (Lipinski definition) is 4. The highest BCUT2D eigenvalue weighted by Gasteiger charge is 2.30. The molecule has 0 unspecified atom stereocenters. The fourth-order valence-electron chi connectivity index (χ4n) is 3.87. The van der Waals surface area contributed by atoms with Crippen LogP contribution in [0.2, 0.25) is 10.0 Å². The Bertz CT molecular complexity index is 1150. The van der Waals surface area contributed by atoms with Gasteiger partial charge in [0.25, 0.3) is 11.8 Å². The van der Waals surface area contributed by atoms with Crippen LogP contribution < -0.4 is 10.6 Å². The lowest BCUT2D eigenvalue weighted by Crippen LogP contribution is -2.21. The summed E-state index contributed by atoms with van der Waals surface area (Å²) in [5, 5.41) is 11.3.